The largest absolute Gasteiger partial charge is 0.381 e. The highest BCUT2D eigenvalue weighted by Crippen LogP contribution is 2.13. The first-order chi connectivity index (χ1) is 10.3. The van der Waals surface area contributed by atoms with Gasteiger partial charge < -0.3 is 20.3 Å². The number of rotatable bonds is 9. The van der Waals surface area contributed by atoms with Gasteiger partial charge in [0.2, 0.25) is 0 Å². The molecule has 1 fully saturated rings. The van der Waals surface area contributed by atoms with E-state index < -0.39 is 0 Å². The summed E-state index contributed by atoms with van der Waals surface area (Å²) in [7, 11) is 4.04. The highest BCUT2D eigenvalue weighted by molar-refractivity contribution is 5.79. The van der Waals surface area contributed by atoms with Crippen LogP contribution in [0, 0.1) is 5.92 Å². The Balaban J connectivity index is 2.03. The van der Waals surface area contributed by atoms with Gasteiger partial charge in [0.05, 0.1) is 0 Å². The summed E-state index contributed by atoms with van der Waals surface area (Å²) in [5, 5.41) is 6.80. The maximum atomic E-state index is 5.55. The van der Waals surface area contributed by atoms with Crippen LogP contribution in [0.1, 0.15) is 39.0 Å². The second-order valence-electron chi connectivity index (χ2n) is 5.97. The third kappa shape index (κ3) is 8.94. The lowest BCUT2D eigenvalue weighted by Crippen LogP contribution is -2.43. The van der Waals surface area contributed by atoms with Gasteiger partial charge in [-0.25, -0.2) is 0 Å². The third-order valence-electron chi connectivity index (χ3n) is 3.90. The van der Waals surface area contributed by atoms with Gasteiger partial charge in [0.25, 0.3) is 0 Å². The maximum Gasteiger partial charge on any atom is 0.190 e. The Labute approximate surface area is 130 Å². The maximum absolute atomic E-state index is 5.55. The molecule has 21 heavy (non-hydrogen) atoms. The van der Waals surface area contributed by atoms with Crippen LogP contribution in [0.15, 0.2) is 4.99 Å². The van der Waals surface area contributed by atoms with Gasteiger partial charge in [-0.1, -0.05) is 13.3 Å². The van der Waals surface area contributed by atoms with E-state index >= 15 is 0 Å². The number of ether oxygens (including phenoxy) is 1. The minimum absolute atomic E-state index is 0.736. The smallest absolute Gasteiger partial charge is 0.190 e. The Morgan fingerprint density at radius 2 is 2.10 bits per heavy atom. The first kappa shape index (κ1) is 18.2. The Morgan fingerprint density at radius 3 is 2.81 bits per heavy atom. The Bertz CT molecular complexity index is 283. The van der Waals surface area contributed by atoms with Crippen molar-refractivity contribution >= 4 is 5.96 Å². The molecule has 0 spiro atoms. The fraction of sp³-hybridized carbons (Fsp3) is 0.938. The van der Waals surface area contributed by atoms with E-state index in [1.165, 1.54) is 32.4 Å². The van der Waals surface area contributed by atoms with Gasteiger partial charge in [0, 0.05) is 39.9 Å². The van der Waals surface area contributed by atoms with Crippen molar-refractivity contribution in [3.8, 4) is 0 Å². The molecule has 0 amide bonds. The zero-order chi connectivity index (χ0) is 15.3. The van der Waals surface area contributed by atoms with Crippen molar-refractivity contribution in [1.29, 1.82) is 0 Å². The molecule has 1 rings (SSSR count). The molecule has 1 saturated heterocycles. The summed E-state index contributed by atoms with van der Waals surface area (Å²) in [5.74, 6) is 1.65. The number of hydrogen-bond acceptors (Lipinski definition) is 3. The van der Waals surface area contributed by atoms with Gasteiger partial charge in [0.1, 0.15) is 0 Å². The lowest BCUT2D eigenvalue weighted by atomic mass is 9.99. The quantitative estimate of drug-likeness (QED) is 0.386. The molecule has 1 heterocycles. The molecule has 5 heteroatoms. The molecular weight excluding hydrogens is 264 g/mol. The number of piperidine rings is 1. The van der Waals surface area contributed by atoms with Gasteiger partial charge >= 0.3 is 0 Å². The summed E-state index contributed by atoms with van der Waals surface area (Å²) in [6, 6.07) is 0. The number of hydrogen-bond donors (Lipinski definition) is 2. The van der Waals surface area contributed by atoms with Gasteiger partial charge in [-0.2, -0.15) is 0 Å². The monoisotopic (exact) mass is 298 g/mol. The molecule has 124 valence electrons. The molecule has 0 radical (unpaired) electrons. The highest BCUT2D eigenvalue weighted by atomic mass is 16.5. The first-order valence-electron chi connectivity index (χ1n) is 8.47. The van der Waals surface area contributed by atoms with Crippen LogP contribution in [-0.2, 0) is 4.74 Å². The van der Waals surface area contributed by atoms with E-state index in [2.05, 4.69) is 34.5 Å². The zero-order valence-electron chi connectivity index (χ0n) is 14.2. The molecule has 0 aromatic heterocycles. The molecule has 1 unspecified atom stereocenters. The van der Waals surface area contributed by atoms with E-state index in [0.29, 0.717) is 0 Å². The highest BCUT2D eigenvalue weighted by Gasteiger charge is 2.16. The first-order valence-corrected chi connectivity index (χ1v) is 8.47. The van der Waals surface area contributed by atoms with Crippen LogP contribution in [0.4, 0.5) is 0 Å². The third-order valence-corrected chi connectivity index (χ3v) is 3.90. The summed E-state index contributed by atoms with van der Waals surface area (Å²) >= 11 is 0. The van der Waals surface area contributed by atoms with Gasteiger partial charge in [0.15, 0.2) is 5.96 Å². The van der Waals surface area contributed by atoms with Gasteiger partial charge in [-0.05, 0) is 45.2 Å². The van der Waals surface area contributed by atoms with Gasteiger partial charge in [-0.3, -0.25) is 4.99 Å². The van der Waals surface area contributed by atoms with Crippen molar-refractivity contribution in [1.82, 2.24) is 15.5 Å². The zero-order valence-corrected chi connectivity index (χ0v) is 14.2. The standard InChI is InChI=1S/C16H34N4O/c1-4-5-11-21-12-7-9-18-16(17-2)19-13-15-8-6-10-20(3)14-15/h15H,4-14H2,1-3H3,(H2,17,18,19). The second-order valence-corrected chi connectivity index (χ2v) is 5.97. The van der Waals surface area contributed by atoms with E-state index in [1.54, 1.807) is 0 Å². The summed E-state index contributed by atoms with van der Waals surface area (Å²) in [6.07, 6.45) is 6.01. The van der Waals surface area contributed by atoms with E-state index in [1.807, 2.05) is 7.05 Å². The minimum Gasteiger partial charge on any atom is -0.381 e. The van der Waals surface area contributed by atoms with E-state index in [9.17, 15) is 0 Å². The van der Waals surface area contributed by atoms with Crippen LogP contribution in [0.25, 0.3) is 0 Å². The molecular formula is C16H34N4O. The molecule has 0 aromatic rings. The van der Waals surface area contributed by atoms with Crippen molar-refractivity contribution in [2.75, 3.05) is 53.5 Å². The number of nitrogens with one attached hydrogen (secondary N) is 2. The Kier molecular flexibility index (Phi) is 10.3. The number of unbranched alkanes of at least 4 members (excludes halogenated alkanes) is 1. The van der Waals surface area contributed by atoms with Crippen LogP contribution in [-0.4, -0.2) is 64.3 Å². The lowest BCUT2D eigenvalue weighted by molar-refractivity contribution is 0.129. The molecule has 0 saturated carbocycles. The average Bonchev–Trinajstić information content (AvgIpc) is 2.49. The number of aliphatic imine (C=N–C) groups is 1. The Morgan fingerprint density at radius 1 is 1.29 bits per heavy atom. The van der Waals surface area contributed by atoms with Crippen LogP contribution in [0.3, 0.4) is 0 Å². The molecule has 2 N–H and O–H groups in total. The number of nitrogens with zero attached hydrogens (tertiary/aromatic N) is 2. The van der Waals surface area contributed by atoms with Crippen LogP contribution < -0.4 is 10.6 Å². The summed E-state index contributed by atoms with van der Waals surface area (Å²) < 4.78 is 5.55. The van der Waals surface area contributed by atoms with Crippen molar-refractivity contribution in [2.24, 2.45) is 10.9 Å². The van der Waals surface area contributed by atoms with Crippen LogP contribution >= 0.6 is 0 Å². The minimum atomic E-state index is 0.736. The molecule has 0 bridgehead atoms. The average molecular weight is 298 g/mol. The summed E-state index contributed by atoms with van der Waals surface area (Å²) in [6.45, 7) is 8.25. The Hall–Kier alpha value is -0.810. The lowest BCUT2D eigenvalue weighted by Gasteiger charge is -2.30. The van der Waals surface area contributed by atoms with Crippen molar-refractivity contribution in [3.05, 3.63) is 0 Å². The van der Waals surface area contributed by atoms with Crippen molar-refractivity contribution in [3.63, 3.8) is 0 Å². The predicted octanol–water partition coefficient (Wildman–Crippen LogP) is 1.70. The van der Waals surface area contributed by atoms with Crippen molar-refractivity contribution < 1.29 is 4.74 Å². The van der Waals surface area contributed by atoms with Gasteiger partial charge in [-0.15, -0.1) is 0 Å². The van der Waals surface area contributed by atoms with E-state index in [0.717, 1.165) is 51.0 Å². The summed E-state index contributed by atoms with van der Waals surface area (Å²) in [4.78, 5) is 6.70. The van der Waals surface area contributed by atoms with Crippen molar-refractivity contribution in [2.45, 2.75) is 39.0 Å². The topological polar surface area (TPSA) is 48.9 Å². The molecule has 0 aromatic carbocycles. The number of likely N-dealkylation sites (tertiary alicyclic amines) is 1. The SMILES string of the molecule is CCCCOCCCNC(=NC)NCC1CCCN(C)C1. The molecule has 5 nitrogen and oxygen atoms in total. The summed E-state index contributed by atoms with van der Waals surface area (Å²) in [5.41, 5.74) is 0. The predicted molar refractivity (Wildman–Crippen MR) is 89.9 cm³/mol. The number of guanidine groups is 1. The van der Waals surface area contributed by atoms with Crippen LogP contribution in [0.5, 0.6) is 0 Å². The van der Waals surface area contributed by atoms with E-state index in [4.69, 9.17) is 4.74 Å². The molecule has 1 aliphatic heterocycles. The normalized spacial score (nSPS) is 20.5. The fourth-order valence-corrected chi connectivity index (χ4v) is 2.63. The second kappa shape index (κ2) is 11.8. The molecule has 1 atom stereocenters. The fourth-order valence-electron chi connectivity index (χ4n) is 2.63. The molecule has 0 aliphatic carbocycles. The van der Waals surface area contributed by atoms with Crippen LogP contribution in [0.2, 0.25) is 0 Å². The molecule has 1 aliphatic rings. The van der Waals surface area contributed by atoms with E-state index in [-0.39, 0.29) is 0 Å².